The summed E-state index contributed by atoms with van der Waals surface area (Å²) in [5.41, 5.74) is 1.20. The monoisotopic (exact) mass is 234 g/mol. The lowest BCUT2D eigenvalue weighted by Crippen LogP contribution is -2.50. The van der Waals surface area contributed by atoms with E-state index < -0.39 is 0 Å². The van der Waals surface area contributed by atoms with Gasteiger partial charge in [0.1, 0.15) is 5.75 Å². The van der Waals surface area contributed by atoms with Crippen molar-refractivity contribution in [3.8, 4) is 5.75 Å². The molecule has 94 valence electrons. The van der Waals surface area contributed by atoms with Gasteiger partial charge in [-0.05, 0) is 24.1 Å². The van der Waals surface area contributed by atoms with Crippen LogP contribution in [0.3, 0.4) is 0 Å². The SMILES string of the molecule is CCCC1CNCCN1Cc1cccc(O)c1. The number of piperazine rings is 1. The summed E-state index contributed by atoms with van der Waals surface area (Å²) in [5.74, 6) is 0.365. The molecule has 1 fully saturated rings. The molecule has 2 N–H and O–H groups in total. The molecular formula is C14H22N2O. The number of nitrogens with one attached hydrogen (secondary N) is 1. The van der Waals surface area contributed by atoms with Crippen molar-refractivity contribution in [1.82, 2.24) is 10.2 Å². The van der Waals surface area contributed by atoms with Gasteiger partial charge in [-0.3, -0.25) is 4.90 Å². The Bertz CT molecular complexity index is 352. The van der Waals surface area contributed by atoms with Crippen LogP contribution >= 0.6 is 0 Å². The number of benzene rings is 1. The van der Waals surface area contributed by atoms with E-state index >= 15 is 0 Å². The van der Waals surface area contributed by atoms with Crippen LogP contribution in [0.4, 0.5) is 0 Å². The van der Waals surface area contributed by atoms with Crippen molar-refractivity contribution in [2.75, 3.05) is 19.6 Å². The highest BCUT2D eigenvalue weighted by Gasteiger charge is 2.21. The number of phenolic OH excluding ortho intramolecular Hbond substituents is 1. The zero-order valence-corrected chi connectivity index (χ0v) is 10.5. The predicted octanol–water partition coefficient (Wildman–Crippen LogP) is 1.97. The van der Waals surface area contributed by atoms with Crippen LogP contribution in [-0.2, 0) is 6.54 Å². The number of hydrogen-bond acceptors (Lipinski definition) is 3. The van der Waals surface area contributed by atoms with E-state index in [-0.39, 0.29) is 0 Å². The number of aromatic hydroxyl groups is 1. The maximum absolute atomic E-state index is 9.48. The fraction of sp³-hybridized carbons (Fsp3) is 0.571. The maximum Gasteiger partial charge on any atom is 0.115 e. The van der Waals surface area contributed by atoms with Crippen molar-refractivity contribution < 1.29 is 5.11 Å². The lowest BCUT2D eigenvalue weighted by atomic mass is 10.1. The van der Waals surface area contributed by atoms with Crippen molar-refractivity contribution in [2.24, 2.45) is 0 Å². The van der Waals surface area contributed by atoms with Gasteiger partial charge in [0, 0.05) is 32.2 Å². The van der Waals surface area contributed by atoms with E-state index in [4.69, 9.17) is 0 Å². The summed E-state index contributed by atoms with van der Waals surface area (Å²) in [5, 5.41) is 12.9. The van der Waals surface area contributed by atoms with E-state index in [1.807, 2.05) is 12.1 Å². The van der Waals surface area contributed by atoms with E-state index in [1.54, 1.807) is 6.07 Å². The smallest absolute Gasteiger partial charge is 0.115 e. The molecule has 1 unspecified atom stereocenters. The first-order chi connectivity index (χ1) is 8.29. The molecule has 0 amide bonds. The number of hydrogen-bond donors (Lipinski definition) is 2. The number of rotatable bonds is 4. The zero-order valence-electron chi connectivity index (χ0n) is 10.5. The molecule has 0 bridgehead atoms. The molecule has 0 saturated carbocycles. The third-order valence-corrected chi connectivity index (χ3v) is 3.39. The van der Waals surface area contributed by atoms with E-state index in [0.29, 0.717) is 11.8 Å². The summed E-state index contributed by atoms with van der Waals surface area (Å²) < 4.78 is 0. The zero-order chi connectivity index (χ0) is 12.1. The van der Waals surface area contributed by atoms with Crippen molar-refractivity contribution in [1.29, 1.82) is 0 Å². The first-order valence-corrected chi connectivity index (χ1v) is 6.52. The lowest BCUT2D eigenvalue weighted by Gasteiger charge is -2.36. The van der Waals surface area contributed by atoms with Gasteiger partial charge in [-0.15, -0.1) is 0 Å². The maximum atomic E-state index is 9.48. The highest BCUT2D eigenvalue weighted by Crippen LogP contribution is 2.17. The van der Waals surface area contributed by atoms with Crippen LogP contribution in [0.25, 0.3) is 0 Å². The minimum atomic E-state index is 0.365. The predicted molar refractivity (Wildman–Crippen MR) is 70.1 cm³/mol. The summed E-state index contributed by atoms with van der Waals surface area (Å²) in [6.45, 7) is 6.44. The van der Waals surface area contributed by atoms with Gasteiger partial charge < -0.3 is 10.4 Å². The van der Waals surface area contributed by atoms with Crippen molar-refractivity contribution in [2.45, 2.75) is 32.4 Å². The second kappa shape index (κ2) is 6.03. The Kier molecular flexibility index (Phi) is 4.40. The van der Waals surface area contributed by atoms with Crippen molar-refractivity contribution >= 4 is 0 Å². The molecule has 3 nitrogen and oxygen atoms in total. The Balaban J connectivity index is 2.00. The Morgan fingerprint density at radius 2 is 2.35 bits per heavy atom. The number of phenols is 1. The first kappa shape index (κ1) is 12.4. The minimum Gasteiger partial charge on any atom is -0.508 e. The molecule has 1 aromatic rings. The molecule has 0 radical (unpaired) electrons. The molecule has 1 aliphatic rings. The minimum absolute atomic E-state index is 0.365. The van der Waals surface area contributed by atoms with Crippen molar-refractivity contribution in [3.05, 3.63) is 29.8 Å². The van der Waals surface area contributed by atoms with Gasteiger partial charge in [0.25, 0.3) is 0 Å². The Labute approximate surface area is 103 Å². The molecule has 0 aliphatic carbocycles. The fourth-order valence-corrected chi connectivity index (χ4v) is 2.52. The Hall–Kier alpha value is -1.06. The lowest BCUT2D eigenvalue weighted by molar-refractivity contribution is 0.144. The highest BCUT2D eigenvalue weighted by atomic mass is 16.3. The second-order valence-corrected chi connectivity index (χ2v) is 4.79. The molecule has 1 aliphatic heterocycles. The van der Waals surface area contributed by atoms with Crippen LogP contribution in [0.1, 0.15) is 25.3 Å². The largest absolute Gasteiger partial charge is 0.508 e. The first-order valence-electron chi connectivity index (χ1n) is 6.52. The summed E-state index contributed by atoms with van der Waals surface area (Å²) in [6, 6.07) is 8.23. The number of nitrogens with zero attached hydrogens (tertiary/aromatic N) is 1. The molecule has 1 atom stereocenters. The Morgan fingerprint density at radius 1 is 1.47 bits per heavy atom. The summed E-state index contributed by atoms with van der Waals surface area (Å²) in [6.07, 6.45) is 2.47. The topological polar surface area (TPSA) is 35.5 Å². The van der Waals surface area contributed by atoms with Crippen LogP contribution in [0, 0.1) is 0 Å². The Morgan fingerprint density at radius 3 is 3.12 bits per heavy atom. The van der Waals surface area contributed by atoms with Gasteiger partial charge in [-0.1, -0.05) is 25.5 Å². The quantitative estimate of drug-likeness (QED) is 0.836. The molecule has 1 aromatic carbocycles. The molecule has 17 heavy (non-hydrogen) atoms. The van der Waals surface area contributed by atoms with Crippen LogP contribution < -0.4 is 5.32 Å². The van der Waals surface area contributed by atoms with E-state index in [0.717, 1.165) is 26.2 Å². The third-order valence-electron chi connectivity index (χ3n) is 3.39. The summed E-state index contributed by atoms with van der Waals surface area (Å²) in [7, 11) is 0. The van der Waals surface area contributed by atoms with Crippen LogP contribution in [0.2, 0.25) is 0 Å². The van der Waals surface area contributed by atoms with Gasteiger partial charge in [0.05, 0.1) is 0 Å². The summed E-state index contributed by atoms with van der Waals surface area (Å²) in [4.78, 5) is 2.52. The molecule has 3 heteroatoms. The van der Waals surface area contributed by atoms with Crippen LogP contribution in [0.5, 0.6) is 5.75 Å². The molecule has 0 aromatic heterocycles. The van der Waals surface area contributed by atoms with Crippen LogP contribution in [-0.4, -0.2) is 35.7 Å². The fourth-order valence-electron chi connectivity index (χ4n) is 2.52. The molecule has 2 rings (SSSR count). The normalized spacial score (nSPS) is 21.6. The van der Waals surface area contributed by atoms with Gasteiger partial charge in [-0.2, -0.15) is 0 Å². The molecular weight excluding hydrogens is 212 g/mol. The highest BCUT2D eigenvalue weighted by molar-refractivity contribution is 5.27. The third kappa shape index (κ3) is 3.45. The molecule has 1 saturated heterocycles. The van der Waals surface area contributed by atoms with Crippen LogP contribution in [0.15, 0.2) is 24.3 Å². The summed E-state index contributed by atoms with van der Waals surface area (Å²) >= 11 is 0. The standard InChI is InChI=1S/C14H22N2O/c1-2-4-13-10-15-7-8-16(13)11-12-5-3-6-14(17)9-12/h3,5-6,9,13,15,17H,2,4,7-8,10-11H2,1H3. The average Bonchev–Trinajstić information content (AvgIpc) is 2.32. The van der Waals surface area contributed by atoms with Gasteiger partial charge in [-0.25, -0.2) is 0 Å². The van der Waals surface area contributed by atoms with Crippen molar-refractivity contribution in [3.63, 3.8) is 0 Å². The van der Waals surface area contributed by atoms with Gasteiger partial charge >= 0.3 is 0 Å². The van der Waals surface area contributed by atoms with E-state index in [1.165, 1.54) is 18.4 Å². The van der Waals surface area contributed by atoms with E-state index in [9.17, 15) is 5.11 Å². The van der Waals surface area contributed by atoms with E-state index in [2.05, 4.69) is 23.2 Å². The molecule has 0 spiro atoms. The average molecular weight is 234 g/mol. The van der Waals surface area contributed by atoms with Gasteiger partial charge in [0.15, 0.2) is 0 Å². The molecule has 1 heterocycles. The second-order valence-electron chi connectivity index (χ2n) is 4.79. The van der Waals surface area contributed by atoms with Gasteiger partial charge in [0.2, 0.25) is 0 Å².